The van der Waals surface area contributed by atoms with Crippen LogP contribution in [0.5, 0.6) is 5.75 Å². The minimum Gasteiger partial charge on any atom is -0.491 e. The summed E-state index contributed by atoms with van der Waals surface area (Å²) in [5.41, 5.74) is 6.42. The highest BCUT2D eigenvalue weighted by Gasteiger charge is 2.05. The maximum Gasteiger partial charge on any atom is 0.262 e. The molecule has 0 aliphatic rings. The predicted octanol–water partition coefficient (Wildman–Crippen LogP) is 2.51. The average molecular weight is 301 g/mol. The van der Waals surface area contributed by atoms with Gasteiger partial charge >= 0.3 is 0 Å². The van der Waals surface area contributed by atoms with Gasteiger partial charge in [0.05, 0.1) is 24.0 Å². The lowest BCUT2D eigenvalue weighted by atomic mass is 10.3. The van der Waals surface area contributed by atoms with Gasteiger partial charge in [-0.05, 0) is 30.0 Å². The van der Waals surface area contributed by atoms with Crippen molar-refractivity contribution in [1.29, 1.82) is 0 Å². The van der Waals surface area contributed by atoms with Gasteiger partial charge in [0.1, 0.15) is 10.6 Å². The average Bonchev–Trinajstić information content (AvgIpc) is 2.97. The summed E-state index contributed by atoms with van der Waals surface area (Å²) in [4.78, 5) is 17.2. The van der Waals surface area contributed by atoms with Crippen molar-refractivity contribution in [3.05, 3.63) is 52.4 Å². The predicted molar refractivity (Wildman–Crippen MR) is 84.8 cm³/mol. The quantitative estimate of drug-likeness (QED) is 0.580. The first-order chi connectivity index (χ1) is 10.3. The third-order valence-electron chi connectivity index (χ3n) is 3.17. The van der Waals surface area contributed by atoms with E-state index >= 15 is 0 Å². The number of hydrogen-bond acceptors (Lipinski definition) is 5. The van der Waals surface area contributed by atoms with Crippen molar-refractivity contribution in [1.82, 2.24) is 9.55 Å². The molecule has 0 aliphatic carbocycles. The number of anilines is 1. The number of aryl methyl sites for hydroxylation is 1. The molecule has 0 aliphatic heterocycles. The Labute approximate surface area is 125 Å². The van der Waals surface area contributed by atoms with E-state index in [0.29, 0.717) is 36.4 Å². The van der Waals surface area contributed by atoms with Gasteiger partial charge in [-0.2, -0.15) is 0 Å². The smallest absolute Gasteiger partial charge is 0.262 e. The van der Waals surface area contributed by atoms with Crippen molar-refractivity contribution < 1.29 is 4.74 Å². The maximum absolute atomic E-state index is 12.2. The molecule has 2 N–H and O–H groups in total. The fraction of sp³-hybridized carbons (Fsp3) is 0.200. The lowest BCUT2D eigenvalue weighted by Gasteiger charge is -2.09. The molecule has 2 aromatic heterocycles. The van der Waals surface area contributed by atoms with E-state index in [-0.39, 0.29) is 5.56 Å². The van der Waals surface area contributed by atoms with Crippen LogP contribution in [0.25, 0.3) is 10.2 Å². The van der Waals surface area contributed by atoms with Crippen LogP contribution in [0.2, 0.25) is 0 Å². The Bertz CT molecular complexity index is 810. The van der Waals surface area contributed by atoms with Crippen LogP contribution in [-0.2, 0) is 6.54 Å². The van der Waals surface area contributed by atoms with Crippen LogP contribution < -0.4 is 16.0 Å². The summed E-state index contributed by atoms with van der Waals surface area (Å²) < 4.78 is 7.23. The molecule has 6 heteroatoms. The van der Waals surface area contributed by atoms with E-state index in [1.165, 1.54) is 11.3 Å². The molecule has 3 rings (SSSR count). The maximum atomic E-state index is 12.2. The van der Waals surface area contributed by atoms with Crippen LogP contribution in [0.3, 0.4) is 0 Å². The van der Waals surface area contributed by atoms with Gasteiger partial charge < -0.3 is 10.5 Å². The van der Waals surface area contributed by atoms with Crippen LogP contribution in [-0.4, -0.2) is 16.2 Å². The highest BCUT2D eigenvalue weighted by molar-refractivity contribution is 7.16. The molecular formula is C15H15N3O2S. The monoisotopic (exact) mass is 301 g/mol. The molecule has 2 heterocycles. The molecule has 0 radical (unpaired) electrons. The normalized spacial score (nSPS) is 10.9. The number of benzene rings is 1. The number of nitrogen functional groups attached to an aromatic ring is 1. The Balaban J connectivity index is 1.61. The number of nitrogens with two attached hydrogens (primary N) is 1. The summed E-state index contributed by atoms with van der Waals surface area (Å²) in [6.45, 7) is 1.08. The topological polar surface area (TPSA) is 70.1 Å². The third kappa shape index (κ3) is 2.90. The van der Waals surface area contributed by atoms with Gasteiger partial charge in [0.15, 0.2) is 0 Å². The Morgan fingerprint density at radius 3 is 3.00 bits per heavy atom. The molecule has 0 amide bonds. The molecule has 0 fully saturated rings. The van der Waals surface area contributed by atoms with E-state index in [2.05, 4.69) is 4.98 Å². The number of ether oxygens (including phenoxy) is 1. The summed E-state index contributed by atoms with van der Waals surface area (Å²) >= 11 is 1.47. The molecule has 0 spiro atoms. The number of fused-ring (bicyclic) bond motifs is 1. The number of hydrogen-bond donors (Lipinski definition) is 1. The van der Waals surface area contributed by atoms with Gasteiger partial charge in [-0.15, -0.1) is 11.3 Å². The van der Waals surface area contributed by atoms with Crippen molar-refractivity contribution in [3.63, 3.8) is 0 Å². The third-order valence-corrected chi connectivity index (χ3v) is 3.99. The molecule has 3 aromatic rings. The number of nitrogens with zero attached hydrogens (tertiary/aromatic N) is 2. The van der Waals surface area contributed by atoms with Crippen LogP contribution in [0.1, 0.15) is 6.42 Å². The first-order valence-corrected chi connectivity index (χ1v) is 7.53. The van der Waals surface area contributed by atoms with Crippen molar-refractivity contribution in [2.24, 2.45) is 0 Å². The zero-order valence-electron chi connectivity index (χ0n) is 11.4. The zero-order chi connectivity index (χ0) is 14.7. The van der Waals surface area contributed by atoms with Crippen molar-refractivity contribution in [3.8, 4) is 5.75 Å². The minimum absolute atomic E-state index is 0.000440. The summed E-state index contributed by atoms with van der Waals surface area (Å²) in [5.74, 6) is 0.677. The van der Waals surface area contributed by atoms with Crippen LogP contribution >= 0.6 is 11.3 Å². The Morgan fingerprint density at radius 1 is 1.29 bits per heavy atom. The van der Waals surface area contributed by atoms with Gasteiger partial charge in [-0.25, -0.2) is 4.98 Å². The summed E-state index contributed by atoms with van der Waals surface area (Å²) in [6, 6.07) is 9.19. The van der Waals surface area contributed by atoms with Gasteiger partial charge in [0.2, 0.25) is 0 Å². The molecule has 108 valence electrons. The lowest BCUT2D eigenvalue weighted by molar-refractivity contribution is 0.302. The number of para-hydroxylation sites is 2. The number of aromatic nitrogens is 2. The van der Waals surface area contributed by atoms with E-state index in [1.807, 2.05) is 29.6 Å². The summed E-state index contributed by atoms with van der Waals surface area (Å²) in [7, 11) is 0. The molecule has 0 saturated carbocycles. The minimum atomic E-state index is 0.000440. The molecule has 0 bridgehead atoms. The van der Waals surface area contributed by atoms with Gasteiger partial charge in [-0.3, -0.25) is 9.36 Å². The van der Waals surface area contributed by atoms with E-state index < -0.39 is 0 Å². The Kier molecular flexibility index (Phi) is 3.87. The van der Waals surface area contributed by atoms with Crippen molar-refractivity contribution >= 4 is 27.2 Å². The van der Waals surface area contributed by atoms with Gasteiger partial charge in [-0.1, -0.05) is 12.1 Å². The standard InChI is InChI=1S/C15H15N3O2S/c16-12-4-1-2-5-13(12)20-8-3-7-18-10-17-14-11(15(18)19)6-9-21-14/h1-2,4-6,9-10H,3,7-8,16H2. The molecule has 0 saturated heterocycles. The van der Waals surface area contributed by atoms with Crippen LogP contribution in [0, 0.1) is 0 Å². The fourth-order valence-corrected chi connectivity index (χ4v) is 2.80. The fourth-order valence-electron chi connectivity index (χ4n) is 2.08. The molecular weight excluding hydrogens is 286 g/mol. The molecule has 1 aromatic carbocycles. The zero-order valence-corrected chi connectivity index (χ0v) is 12.2. The summed E-state index contributed by atoms with van der Waals surface area (Å²) in [6.07, 6.45) is 2.31. The van der Waals surface area contributed by atoms with Gasteiger partial charge in [0.25, 0.3) is 5.56 Å². The highest BCUT2D eigenvalue weighted by Crippen LogP contribution is 2.19. The number of rotatable bonds is 5. The molecule has 0 unspecified atom stereocenters. The van der Waals surface area contributed by atoms with Crippen LogP contribution in [0.15, 0.2) is 46.8 Å². The second kappa shape index (κ2) is 5.97. The Morgan fingerprint density at radius 2 is 2.14 bits per heavy atom. The molecule has 5 nitrogen and oxygen atoms in total. The van der Waals surface area contributed by atoms with Crippen molar-refractivity contribution in [2.75, 3.05) is 12.3 Å². The molecule has 0 atom stereocenters. The van der Waals surface area contributed by atoms with E-state index in [4.69, 9.17) is 10.5 Å². The second-order valence-electron chi connectivity index (χ2n) is 4.62. The highest BCUT2D eigenvalue weighted by atomic mass is 32.1. The Hall–Kier alpha value is -2.34. The van der Waals surface area contributed by atoms with Crippen LogP contribution in [0.4, 0.5) is 5.69 Å². The SMILES string of the molecule is Nc1ccccc1OCCCn1cnc2sccc2c1=O. The second-order valence-corrected chi connectivity index (χ2v) is 5.52. The largest absolute Gasteiger partial charge is 0.491 e. The van der Waals surface area contributed by atoms with Gasteiger partial charge in [0, 0.05) is 6.54 Å². The van der Waals surface area contributed by atoms with E-state index in [0.717, 1.165) is 4.83 Å². The number of thiophene rings is 1. The summed E-state index contributed by atoms with van der Waals surface area (Å²) in [5, 5.41) is 2.56. The van der Waals surface area contributed by atoms with E-state index in [1.54, 1.807) is 17.0 Å². The lowest BCUT2D eigenvalue weighted by Crippen LogP contribution is -2.21. The first-order valence-electron chi connectivity index (χ1n) is 6.65. The molecule has 21 heavy (non-hydrogen) atoms. The van der Waals surface area contributed by atoms with Crippen molar-refractivity contribution in [2.45, 2.75) is 13.0 Å². The first kappa shape index (κ1) is 13.6. The van der Waals surface area contributed by atoms with E-state index in [9.17, 15) is 4.79 Å².